The highest BCUT2D eigenvalue weighted by Crippen LogP contribution is 2.31. The number of halogens is 1. The predicted molar refractivity (Wildman–Crippen MR) is 75.1 cm³/mol. The van der Waals surface area contributed by atoms with Crippen LogP contribution in [0, 0.1) is 0 Å². The molecule has 0 aliphatic carbocycles. The van der Waals surface area contributed by atoms with Crippen LogP contribution in [0.2, 0.25) is 0 Å². The Bertz CT molecular complexity index is 481. The van der Waals surface area contributed by atoms with Crippen molar-refractivity contribution in [3.8, 4) is 0 Å². The van der Waals surface area contributed by atoms with Crippen LogP contribution < -0.4 is 0 Å². The number of nitrogens with zero attached hydrogens (tertiary/aromatic N) is 1. The highest BCUT2D eigenvalue weighted by molar-refractivity contribution is 9.10. The van der Waals surface area contributed by atoms with Gasteiger partial charge in [-0.25, -0.2) is 0 Å². The molecule has 0 unspecified atom stereocenters. The average Bonchev–Trinajstić information content (AvgIpc) is 2.50. The zero-order valence-electron chi connectivity index (χ0n) is 8.44. The lowest BCUT2D eigenvalue weighted by molar-refractivity contribution is -0.121. The van der Waals surface area contributed by atoms with Crippen molar-refractivity contribution in [3.05, 3.63) is 39.2 Å². The fourth-order valence-corrected chi connectivity index (χ4v) is 2.70. The van der Waals surface area contributed by atoms with Gasteiger partial charge in [0, 0.05) is 11.5 Å². The summed E-state index contributed by atoms with van der Waals surface area (Å²) in [5.74, 6) is -0.0297. The lowest BCUT2D eigenvalue weighted by Gasteiger charge is -2.03. The van der Waals surface area contributed by atoms with Gasteiger partial charge in [0.2, 0.25) is 0 Å². The third-order valence-corrected chi connectivity index (χ3v) is 4.17. The number of hydrogen-bond donors (Lipinski definition) is 0. The van der Waals surface area contributed by atoms with Gasteiger partial charge in [-0.15, -0.1) is 0 Å². The van der Waals surface area contributed by atoms with E-state index in [1.807, 2.05) is 30.3 Å². The van der Waals surface area contributed by atoms with Crippen LogP contribution in [0.15, 0.2) is 33.6 Å². The SMILES string of the molecule is CN1C(=O)C(=Cc2ccc(Br)cc2)SC1=S. The van der Waals surface area contributed by atoms with E-state index in [1.165, 1.54) is 16.7 Å². The van der Waals surface area contributed by atoms with E-state index in [1.54, 1.807) is 7.05 Å². The van der Waals surface area contributed by atoms with Crippen molar-refractivity contribution in [3.63, 3.8) is 0 Å². The second kappa shape index (κ2) is 4.69. The second-order valence-electron chi connectivity index (χ2n) is 3.29. The van der Waals surface area contributed by atoms with Crippen molar-refractivity contribution in [2.75, 3.05) is 7.05 Å². The normalized spacial score (nSPS) is 18.6. The Labute approximate surface area is 112 Å². The first-order valence-corrected chi connectivity index (χ1v) is 6.57. The minimum atomic E-state index is -0.0297. The van der Waals surface area contributed by atoms with E-state index in [-0.39, 0.29) is 5.91 Å². The molecule has 0 radical (unpaired) electrons. The van der Waals surface area contributed by atoms with Crippen LogP contribution in [0.25, 0.3) is 6.08 Å². The van der Waals surface area contributed by atoms with Crippen molar-refractivity contribution in [2.45, 2.75) is 0 Å². The second-order valence-corrected chi connectivity index (χ2v) is 5.88. The Hall–Kier alpha value is -0.650. The summed E-state index contributed by atoms with van der Waals surface area (Å²) < 4.78 is 1.63. The highest BCUT2D eigenvalue weighted by Gasteiger charge is 2.28. The Morgan fingerprint density at radius 2 is 2.00 bits per heavy atom. The van der Waals surface area contributed by atoms with E-state index in [9.17, 15) is 4.79 Å². The Kier molecular flexibility index (Phi) is 3.47. The first-order valence-electron chi connectivity index (χ1n) is 4.55. The Morgan fingerprint density at radius 1 is 1.38 bits per heavy atom. The largest absolute Gasteiger partial charge is 0.296 e. The number of carbonyl (C=O) groups excluding carboxylic acids is 1. The fourth-order valence-electron chi connectivity index (χ4n) is 1.26. The van der Waals surface area contributed by atoms with Crippen molar-refractivity contribution in [1.29, 1.82) is 0 Å². The number of hydrogen-bond acceptors (Lipinski definition) is 3. The number of carbonyl (C=O) groups is 1. The molecule has 5 heteroatoms. The molecule has 0 bridgehead atoms. The van der Waals surface area contributed by atoms with Gasteiger partial charge in [-0.3, -0.25) is 9.69 Å². The molecule has 1 fully saturated rings. The fraction of sp³-hybridized carbons (Fsp3) is 0.0909. The number of benzene rings is 1. The van der Waals surface area contributed by atoms with Gasteiger partial charge in [-0.1, -0.05) is 52.0 Å². The molecule has 1 saturated heterocycles. The standard InChI is InChI=1S/C11H8BrNOS2/c1-13-10(14)9(16-11(13)15)6-7-2-4-8(12)5-3-7/h2-6H,1H3. The zero-order valence-corrected chi connectivity index (χ0v) is 11.7. The van der Waals surface area contributed by atoms with Gasteiger partial charge in [0.15, 0.2) is 0 Å². The van der Waals surface area contributed by atoms with Crippen LogP contribution in [-0.2, 0) is 4.79 Å². The van der Waals surface area contributed by atoms with Crippen molar-refractivity contribution in [2.24, 2.45) is 0 Å². The van der Waals surface area contributed by atoms with Gasteiger partial charge in [0.25, 0.3) is 5.91 Å². The third-order valence-electron chi connectivity index (χ3n) is 2.15. The van der Waals surface area contributed by atoms with Crippen LogP contribution in [0.3, 0.4) is 0 Å². The lowest BCUT2D eigenvalue weighted by atomic mass is 10.2. The van der Waals surface area contributed by atoms with E-state index in [4.69, 9.17) is 12.2 Å². The molecule has 0 spiro atoms. The molecular formula is C11H8BrNOS2. The van der Waals surface area contributed by atoms with Gasteiger partial charge in [0.1, 0.15) is 4.32 Å². The molecule has 0 N–H and O–H groups in total. The van der Waals surface area contributed by atoms with Gasteiger partial charge in [0.05, 0.1) is 4.91 Å². The predicted octanol–water partition coefficient (Wildman–Crippen LogP) is 3.28. The summed E-state index contributed by atoms with van der Waals surface area (Å²) in [7, 11) is 1.69. The molecule has 82 valence electrons. The van der Waals surface area contributed by atoms with Gasteiger partial charge < -0.3 is 0 Å². The summed E-state index contributed by atoms with van der Waals surface area (Å²) in [6, 6.07) is 7.79. The average molecular weight is 314 g/mol. The molecule has 1 aliphatic heterocycles. The lowest BCUT2D eigenvalue weighted by Crippen LogP contribution is -2.22. The molecule has 0 atom stereocenters. The van der Waals surface area contributed by atoms with E-state index in [0.29, 0.717) is 9.23 Å². The van der Waals surface area contributed by atoms with Crippen molar-refractivity contribution < 1.29 is 4.79 Å². The van der Waals surface area contributed by atoms with E-state index in [0.717, 1.165) is 10.0 Å². The van der Waals surface area contributed by atoms with E-state index < -0.39 is 0 Å². The monoisotopic (exact) mass is 313 g/mol. The first kappa shape index (κ1) is 11.8. The van der Waals surface area contributed by atoms with Crippen molar-refractivity contribution in [1.82, 2.24) is 4.90 Å². The van der Waals surface area contributed by atoms with Gasteiger partial charge in [-0.05, 0) is 23.8 Å². The summed E-state index contributed by atoms with van der Waals surface area (Å²) >= 11 is 9.76. The summed E-state index contributed by atoms with van der Waals surface area (Å²) in [4.78, 5) is 13.9. The van der Waals surface area contributed by atoms with Crippen LogP contribution in [0.5, 0.6) is 0 Å². The maximum absolute atomic E-state index is 11.7. The molecule has 1 heterocycles. The molecule has 0 saturated carbocycles. The summed E-state index contributed by atoms with van der Waals surface area (Å²) in [5, 5.41) is 0. The number of rotatable bonds is 1. The molecule has 1 aromatic carbocycles. The summed E-state index contributed by atoms with van der Waals surface area (Å²) in [6.45, 7) is 0. The number of likely N-dealkylation sites (N-methyl/N-ethyl adjacent to an activating group) is 1. The molecule has 2 nitrogen and oxygen atoms in total. The van der Waals surface area contributed by atoms with Crippen LogP contribution >= 0.6 is 39.9 Å². The molecule has 1 amide bonds. The quantitative estimate of drug-likeness (QED) is 0.586. The van der Waals surface area contributed by atoms with E-state index in [2.05, 4.69) is 15.9 Å². The molecular weight excluding hydrogens is 306 g/mol. The van der Waals surface area contributed by atoms with Gasteiger partial charge >= 0.3 is 0 Å². The third kappa shape index (κ3) is 2.36. The van der Waals surface area contributed by atoms with E-state index >= 15 is 0 Å². The van der Waals surface area contributed by atoms with Crippen LogP contribution in [0.4, 0.5) is 0 Å². The molecule has 0 aromatic heterocycles. The molecule has 1 aromatic rings. The van der Waals surface area contributed by atoms with Crippen LogP contribution in [0.1, 0.15) is 5.56 Å². The van der Waals surface area contributed by atoms with Crippen molar-refractivity contribution >= 4 is 56.2 Å². The number of thiocarbonyl (C=S) groups is 1. The minimum Gasteiger partial charge on any atom is -0.296 e. The first-order chi connectivity index (χ1) is 7.58. The summed E-state index contributed by atoms with van der Waals surface area (Å²) in [6.07, 6.45) is 1.86. The maximum Gasteiger partial charge on any atom is 0.265 e. The Balaban J connectivity index is 2.29. The molecule has 1 aliphatic rings. The van der Waals surface area contributed by atoms with Crippen LogP contribution in [-0.4, -0.2) is 22.2 Å². The van der Waals surface area contributed by atoms with Gasteiger partial charge in [-0.2, -0.15) is 0 Å². The number of thioether (sulfide) groups is 1. The molecule has 16 heavy (non-hydrogen) atoms. The minimum absolute atomic E-state index is 0.0297. The zero-order chi connectivity index (χ0) is 11.7. The summed E-state index contributed by atoms with van der Waals surface area (Å²) in [5.41, 5.74) is 0.997. The molecule has 2 rings (SSSR count). The number of amides is 1. The Morgan fingerprint density at radius 3 is 2.50 bits per heavy atom. The highest BCUT2D eigenvalue weighted by atomic mass is 79.9. The topological polar surface area (TPSA) is 20.3 Å². The maximum atomic E-state index is 11.7. The smallest absolute Gasteiger partial charge is 0.265 e.